The molecule has 0 heterocycles. The summed E-state index contributed by atoms with van der Waals surface area (Å²) in [5, 5.41) is 8.77. The molecule has 100 valence electrons. The number of nitrogens with zero attached hydrogens (tertiary/aromatic N) is 1. The van der Waals surface area contributed by atoms with Gasteiger partial charge in [-0.25, -0.2) is 4.79 Å². The summed E-state index contributed by atoms with van der Waals surface area (Å²) in [4.78, 5) is 13.5. The summed E-state index contributed by atoms with van der Waals surface area (Å²) in [7, 11) is 1.36. The van der Waals surface area contributed by atoms with Crippen molar-refractivity contribution in [3.63, 3.8) is 0 Å². The molecule has 0 aliphatic carbocycles. The van der Waals surface area contributed by atoms with E-state index >= 15 is 0 Å². The summed E-state index contributed by atoms with van der Waals surface area (Å²) in [6.45, 7) is 0. The predicted octanol–water partition coefficient (Wildman–Crippen LogP) is 4.26. The predicted molar refractivity (Wildman–Crippen MR) is 80.8 cm³/mol. The Bertz CT molecular complexity index is 677. The van der Waals surface area contributed by atoms with Crippen LogP contribution < -0.4 is 0 Å². The molecule has 3 nitrogen and oxygen atoms in total. The quantitative estimate of drug-likeness (QED) is 0.778. The number of rotatable bonds is 3. The summed E-state index contributed by atoms with van der Waals surface area (Å²) in [5.41, 5.74) is 1.12. The number of carbonyl (C=O) groups is 1. The highest BCUT2D eigenvalue weighted by molar-refractivity contribution is 9.10. The molecule has 2 aromatic rings. The van der Waals surface area contributed by atoms with Gasteiger partial charge in [0.25, 0.3) is 0 Å². The van der Waals surface area contributed by atoms with Crippen LogP contribution in [0.4, 0.5) is 0 Å². The van der Waals surface area contributed by atoms with E-state index in [0.717, 1.165) is 14.3 Å². The van der Waals surface area contributed by atoms with E-state index in [2.05, 4.69) is 22.0 Å². The van der Waals surface area contributed by atoms with Crippen LogP contribution in [-0.4, -0.2) is 13.1 Å². The Morgan fingerprint density at radius 1 is 1.25 bits per heavy atom. The van der Waals surface area contributed by atoms with Gasteiger partial charge in [-0.15, -0.1) is 0 Å². The molecule has 0 saturated heterocycles. The van der Waals surface area contributed by atoms with Crippen molar-refractivity contribution >= 4 is 33.7 Å². The van der Waals surface area contributed by atoms with E-state index in [1.165, 1.54) is 18.9 Å². The highest BCUT2D eigenvalue weighted by Crippen LogP contribution is 2.32. The highest BCUT2D eigenvalue weighted by Gasteiger charge is 2.13. The number of benzene rings is 2. The standard InChI is InChI=1S/C15H10BrNO2S/c1-19-15(18)13-8-11(16)4-7-14(13)20-12-5-2-10(9-17)3-6-12/h2-8H,1H3. The first-order chi connectivity index (χ1) is 9.63. The fraction of sp³-hybridized carbons (Fsp3) is 0.0667. The molecule has 5 heteroatoms. The van der Waals surface area contributed by atoms with E-state index in [1.54, 1.807) is 18.2 Å². The van der Waals surface area contributed by atoms with Crippen LogP contribution >= 0.6 is 27.7 Å². The minimum atomic E-state index is -0.373. The molecular weight excluding hydrogens is 338 g/mol. The van der Waals surface area contributed by atoms with E-state index in [1.807, 2.05) is 24.3 Å². The van der Waals surface area contributed by atoms with Crippen molar-refractivity contribution < 1.29 is 9.53 Å². The summed E-state index contributed by atoms with van der Waals surface area (Å²) < 4.78 is 5.61. The lowest BCUT2D eigenvalue weighted by Gasteiger charge is -2.08. The molecule has 0 amide bonds. The molecule has 0 aliphatic rings. The average Bonchev–Trinajstić information content (AvgIpc) is 2.49. The average molecular weight is 348 g/mol. The molecule has 2 aromatic carbocycles. The minimum Gasteiger partial charge on any atom is -0.465 e. The van der Waals surface area contributed by atoms with Gasteiger partial charge in [-0.1, -0.05) is 27.7 Å². The first kappa shape index (κ1) is 14.6. The lowest BCUT2D eigenvalue weighted by atomic mass is 10.2. The van der Waals surface area contributed by atoms with Crippen molar-refractivity contribution in [2.75, 3.05) is 7.11 Å². The van der Waals surface area contributed by atoms with Crippen LogP contribution in [0.15, 0.2) is 56.7 Å². The second kappa shape index (κ2) is 6.60. The molecular formula is C15H10BrNO2S. The number of nitriles is 1. The Balaban J connectivity index is 2.32. The van der Waals surface area contributed by atoms with Crippen LogP contribution in [0.25, 0.3) is 0 Å². The van der Waals surface area contributed by atoms with Gasteiger partial charge >= 0.3 is 5.97 Å². The lowest BCUT2D eigenvalue weighted by Crippen LogP contribution is -2.03. The van der Waals surface area contributed by atoms with E-state index in [4.69, 9.17) is 10.00 Å². The van der Waals surface area contributed by atoms with Crippen molar-refractivity contribution in [2.45, 2.75) is 9.79 Å². The molecule has 20 heavy (non-hydrogen) atoms. The summed E-state index contributed by atoms with van der Waals surface area (Å²) in [6.07, 6.45) is 0. The molecule has 0 bridgehead atoms. The fourth-order valence-electron chi connectivity index (χ4n) is 1.59. The van der Waals surface area contributed by atoms with Crippen LogP contribution in [-0.2, 0) is 4.74 Å². The van der Waals surface area contributed by atoms with Crippen LogP contribution in [0.2, 0.25) is 0 Å². The van der Waals surface area contributed by atoms with Crippen LogP contribution in [0.1, 0.15) is 15.9 Å². The second-order valence-corrected chi connectivity index (χ2v) is 5.90. The number of hydrogen-bond acceptors (Lipinski definition) is 4. The number of esters is 1. The van der Waals surface area contributed by atoms with Gasteiger partial charge in [-0.2, -0.15) is 5.26 Å². The van der Waals surface area contributed by atoms with E-state index < -0.39 is 0 Å². The van der Waals surface area contributed by atoms with E-state index in [-0.39, 0.29) is 5.97 Å². The fourth-order valence-corrected chi connectivity index (χ4v) is 2.86. The number of halogens is 1. The van der Waals surface area contributed by atoms with Crippen molar-refractivity contribution in [2.24, 2.45) is 0 Å². The summed E-state index contributed by atoms with van der Waals surface area (Å²) in [6, 6.07) is 14.7. The van der Waals surface area contributed by atoms with Gasteiger partial charge in [0, 0.05) is 14.3 Å². The third-order valence-corrected chi connectivity index (χ3v) is 4.14. The Morgan fingerprint density at radius 2 is 1.95 bits per heavy atom. The van der Waals surface area contributed by atoms with Crippen molar-refractivity contribution in [3.05, 3.63) is 58.1 Å². The second-order valence-electron chi connectivity index (χ2n) is 3.87. The largest absolute Gasteiger partial charge is 0.465 e. The molecule has 0 fully saturated rings. The summed E-state index contributed by atoms with van der Waals surface area (Å²) >= 11 is 4.80. The molecule has 0 saturated carbocycles. The monoisotopic (exact) mass is 347 g/mol. The zero-order valence-electron chi connectivity index (χ0n) is 10.6. The molecule has 0 radical (unpaired) electrons. The topological polar surface area (TPSA) is 50.1 Å². The van der Waals surface area contributed by atoms with Gasteiger partial charge in [0.05, 0.1) is 24.3 Å². The number of methoxy groups -OCH3 is 1. The Labute approximate surface area is 129 Å². The van der Waals surface area contributed by atoms with E-state index in [0.29, 0.717) is 11.1 Å². The summed E-state index contributed by atoms with van der Waals surface area (Å²) in [5.74, 6) is -0.373. The molecule has 0 unspecified atom stereocenters. The smallest absolute Gasteiger partial charge is 0.339 e. The number of carbonyl (C=O) groups excluding carboxylic acids is 1. The van der Waals surface area contributed by atoms with Gasteiger partial charge in [0.1, 0.15) is 0 Å². The molecule has 0 spiro atoms. The van der Waals surface area contributed by atoms with Crippen molar-refractivity contribution in [3.8, 4) is 6.07 Å². The Morgan fingerprint density at radius 3 is 2.55 bits per heavy atom. The molecule has 0 aliphatic heterocycles. The molecule has 2 rings (SSSR count). The van der Waals surface area contributed by atoms with Crippen LogP contribution in [0, 0.1) is 11.3 Å². The molecule has 0 aromatic heterocycles. The first-order valence-corrected chi connectivity index (χ1v) is 7.31. The minimum absolute atomic E-state index is 0.373. The zero-order chi connectivity index (χ0) is 14.5. The van der Waals surface area contributed by atoms with E-state index in [9.17, 15) is 4.79 Å². The highest BCUT2D eigenvalue weighted by atomic mass is 79.9. The Kier molecular flexibility index (Phi) is 4.83. The maximum Gasteiger partial charge on any atom is 0.339 e. The normalized spacial score (nSPS) is 9.85. The SMILES string of the molecule is COC(=O)c1cc(Br)ccc1Sc1ccc(C#N)cc1. The van der Waals surface area contributed by atoms with Gasteiger partial charge in [-0.05, 0) is 42.5 Å². The van der Waals surface area contributed by atoms with Gasteiger partial charge < -0.3 is 4.74 Å². The van der Waals surface area contributed by atoms with Crippen LogP contribution in [0.5, 0.6) is 0 Å². The van der Waals surface area contributed by atoms with Crippen LogP contribution in [0.3, 0.4) is 0 Å². The maximum atomic E-state index is 11.8. The third kappa shape index (κ3) is 3.41. The first-order valence-electron chi connectivity index (χ1n) is 5.70. The molecule has 0 N–H and O–H groups in total. The van der Waals surface area contributed by atoms with Gasteiger partial charge in [-0.3, -0.25) is 0 Å². The third-order valence-electron chi connectivity index (χ3n) is 2.56. The van der Waals surface area contributed by atoms with Crippen molar-refractivity contribution in [1.29, 1.82) is 5.26 Å². The van der Waals surface area contributed by atoms with Gasteiger partial charge in [0.15, 0.2) is 0 Å². The maximum absolute atomic E-state index is 11.8. The van der Waals surface area contributed by atoms with Crippen molar-refractivity contribution in [1.82, 2.24) is 0 Å². The zero-order valence-corrected chi connectivity index (χ0v) is 13.0. The molecule has 0 atom stereocenters. The lowest BCUT2D eigenvalue weighted by molar-refractivity contribution is 0.0596. The number of hydrogen-bond donors (Lipinski definition) is 0. The Hall–Kier alpha value is -1.77. The number of ether oxygens (including phenoxy) is 1. The van der Waals surface area contributed by atoms with Gasteiger partial charge in [0.2, 0.25) is 0 Å².